The molecule has 0 nitrogen and oxygen atoms in total. The maximum Gasteiger partial charge on any atom is 0.250 e. The summed E-state index contributed by atoms with van der Waals surface area (Å²) in [4.78, 5) is 0. The Bertz CT molecular complexity index is 230. The number of halogens is 2. The molecule has 1 atom stereocenters. The number of alkyl halides is 2. The summed E-state index contributed by atoms with van der Waals surface area (Å²) in [7, 11) is 0. The molecule has 1 fully saturated rings. The largest absolute Gasteiger partial charge is 0.250 e. The molecule has 0 bridgehead atoms. The fraction of sp³-hybridized carbons (Fsp3) is 0.833. The number of hydrogen-bond donors (Lipinski definition) is 0. The zero-order valence-corrected chi connectivity index (χ0v) is 8.57. The minimum atomic E-state index is -2.36. The predicted octanol–water partition coefficient (Wildman–Crippen LogP) is 4.31. The van der Waals surface area contributed by atoms with Gasteiger partial charge >= 0.3 is 0 Å². The van der Waals surface area contributed by atoms with E-state index in [0.717, 1.165) is 32.1 Å². The Balaban J connectivity index is 1.80. The zero-order chi connectivity index (χ0) is 10.0. The van der Waals surface area contributed by atoms with Gasteiger partial charge in [0.1, 0.15) is 0 Å². The second-order valence-electron chi connectivity index (χ2n) is 4.64. The Morgan fingerprint density at radius 2 is 2.21 bits per heavy atom. The van der Waals surface area contributed by atoms with Crippen LogP contribution < -0.4 is 0 Å². The van der Waals surface area contributed by atoms with E-state index in [2.05, 4.69) is 6.08 Å². The minimum absolute atomic E-state index is 0.122. The molecule has 14 heavy (non-hydrogen) atoms. The molecule has 0 aromatic carbocycles. The molecule has 0 N–H and O–H groups in total. The Labute approximate surface area is 84.4 Å². The molecule has 1 saturated carbocycles. The monoisotopic (exact) mass is 200 g/mol. The van der Waals surface area contributed by atoms with Gasteiger partial charge in [-0.25, -0.2) is 8.78 Å². The first kappa shape index (κ1) is 10.1. The Morgan fingerprint density at radius 3 is 2.79 bits per heavy atom. The molecule has 0 heterocycles. The topological polar surface area (TPSA) is 0 Å². The molecule has 1 unspecified atom stereocenters. The fourth-order valence-corrected chi connectivity index (χ4v) is 2.68. The van der Waals surface area contributed by atoms with Crippen molar-refractivity contribution in [3.63, 3.8) is 0 Å². The Hall–Kier alpha value is -0.400. The van der Waals surface area contributed by atoms with E-state index in [1.165, 1.54) is 12.0 Å². The first-order valence-electron chi connectivity index (χ1n) is 5.74. The molecule has 0 spiro atoms. The highest BCUT2D eigenvalue weighted by atomic mass is 19.3. The van der Waals surface area contributed by atoms with Crippen LogP contribution in [0.2, 0.25) is 0 Å². The van der Waals surface area contributed by atoms with Gasteiger partial charge in [0, 0.05) is 12.3 Å². The normalized spacial score (nSPS) is 30.7. The smallest absolute Gasteiger partial charge is 0.207 e. The second kappa shape index (κ2) is 4.00. The van der Waals surface area contributed by atoms with E-state index in [-0.39, 0.29) is 12.3 Å². The van der Waals surface area contributed by atoms with Crippen molar-refractivity contribution in [1.29, 1.82) is 0 Å². The number of rotatable bonds is 3. The zero-order valence-electron chi connectivity index (χ0n) is 8.57. The van der Waals surface area contributed by atoms with Crippen molar-refractivity contribution in [2.24, 2.45) is 5.92 Å². The summed E-state index contributed by atoms with van der Waals surface area (Å²) in [6, 6.07) is 0. The SMILES string of the molecule is FC1(F)CCCC1CCC1=CCCC1. The van der Waals surface area contributed by atoms with E-state index in [1.54, 1.807) is 0 Å². The first-order chi connectivity index (χ1) is 6.68. The van der Waals surface area contributed by atoms with E-state index in [1.807, 2.05) is 0 Å². The van der Waals surface area contributed by atoms with Crippen molar-refractivity contribution in [3.05, 3.63) is 11.6 Å². The summed E-state index contributed by atoms with van der Waals surface area (Å²) >= 11 is 0. The lowest BCUT2D eigenvalue weighted by atomic mass is 9.95. The van der Waals surface area contributed by atoms with Crippen LogP contribution in [0.25, 0.3) is 0 Å². The van der Waals surface area contributed by atoms with Gasteiger partial charge in [0.15, 0.2) is 0 Å². The van der Waals surface area contributed by atoms with E-state index >= 15 is 0 Å². The third-order valence-corrected chi connectivity index (χ3v) is 3.61. The van der Waals surface area contributed by atoms with Gasteiger partial charge < -0.3 is 0 Å². The molecular formula is C12H18F2. The molecule has 0 saturated heterocycles. The van der Waals surface area contributed by atoms with E-state index in [0.29, 0.717) is 6.42 Å². The molecule has 80 valence electrons. The first-order valence-corrected chi connectivity index (χ1v) is 5.74. The van der Waals surface area contributed by atoms with Gasteiger partial charge in [0.05, 0.1) is 0 Å². The van der Waals surface area contributed by atoms with E-state index < -0.39 is 5.92 Å². The highest BCUT2D eigenvalue weighted by Crippen LogP contribution is 2.43. The van der Waals surface area contributed by atoms with E-state index in [9.17, 15) is 8.78 Å². The molecule has 0 radical (unpaired) electrons. The van der Waals surface area contributed by atoms with Crippen LogP contribution in [0.15, 0.2) is 11.6 Å². The minimum Gasteiger partial charge on any atom is -0.207 e. The van der Waals surface area contributed by atoms with Gasteiger partial charge in [-0.05, 0) is 44.9 Å². The Morgan fingerprint density at radius 1 is 1.36 bits per heavy atom. The van der Waals surface area contributed by atoms with Crippen molar-refractivity contribution >= 4 is 0 Å². The maximum absolute atomic E-state index is 13.3. The lowest BCUT2D eigenvalue weighted by Gasteiger charge is -2.18. The third-order valence-electron chi connectivity index (χ3n) is 3.61. The van der Waals surface area contributed by atoms with Gasteiger partial charge in [-0.15, -0.1) is 0 Å². The van der Waals surface area contributed by atoms with Crippen LogP contribution in [-0.2, 0) is 0 Å². The van der Waals surface area contributed by atoms with Crippen LogP contribution in [0.1, 0.15) is 51.4 Å². The van der Waals surface area contributed by atoms with Crippen molar-refractivity contribution in [1.82, 2.24) is 0 Å². The predicted molar refractivity (Wildman–Crippen MR) is 53.5 cm³/mol. The van der Waals surface area contributed by atoms with Crippen LogP contribution in [-0.4, -0.2) is 5.92 Å². The average Bonchev–Trinajstić information content (AvgIpc) is 2.71. The summed E-state index contributed by atoms with van der Waals surface area (Å²) in [5.74, 6) is -2.69. The number of allylic oxidation sites excluding steroid dienone is 2. The van der Waals surface area contributed by atoms with Crippen LogP contribution in [0.3, 0.4) is 0 Å². The molecule has 2 aliphatic rings. The van der Waals surface area contributed by atoms with Gasteiger partial charge in [-0.1, -0.05) is 11.6 Å². The summed E-state index contributed by atoms with van der Waals surface area (Å²) in [5.41, 5.74) is 1.42. The van der Waals surface area contributed by atoms with Crippen molar-refractivity contribution in [3.8, 4) is 0 Å². The molecule has 2 heteroatoms. The maximum atomic E-state index is 13.3. The van der Waals surface area contributed by atoms with Gasteiger partial charge in [-0.2, -0.15) is 0 Å². The van der Waals surface area contributed by atoms with Crippen LogP contribution in [0.4, 0.5) is 8.78 Å². The van der Waals surface area contributed by atoms with Gasteiger partial charge in [0.2, 0.25) is 0 Å². The highest BCUT2D eigenvalue weighted by molar-refractivity contribution is 5.07. The van der Waals surface area contributed by atoms with Crippen molar-refractivity contribution in [2.45, 2.75) is 57.3 Å². The molecule has 2 aliphatic carbocycles. The van der Waals surface area contributed by atoms with Gasteiger partial charge in [0.25, 0.3) is 5.92 Å². The van der Waals surface area contributed by atoms with Crippen molar-refractivity contribution < 1.29 is 8.78 Å². The number of hydrogen-bond acceptors (Lipinski definition) is 0. The van der Waals surface area contributed by atoms with E-state index in [4.69, 9.17) is 0 Å². The summed E-state index contributed by atoms with van der Waals surface area (Å²) in [5, 5.41) is 0. The fourth-order valence-electron chi connectivity index (χ4n) is 2.68. The van der Waals surface area contributed by atoms with Crippen LogP contribution >= 0.6 is 0 Å². The molecule has 2 rings (SSSR count). The molecule has 0 aromatic heterocycles. The quantitative estimate of drug-likeness (QED) is 0.595. The lowest BCUT2D eigenvalue weighted by molar-refractivity contribution is -0.0392. The average molecular weight is 200 g/mol. The molecule has 0 aromatic rings. The third kappa shape index (κ3) is 2.15. The molecule has 0 amide bonds. The lowest BCUT2D eigenvalue weighted by Crippen LogP contribution is -2.21. The Kier molecular flexibility index (Phi) is 2.89. The summed E-state index contributed by atoms with van der Waals surface area (Å²) < 4.78 is 26.5. The summed E-state index contributed by atoms with van der Waals surface area (Å²) in [6.07, 6.45) is 8.99. The molecule has 0 aliphatic heterocycles. The van der Waals surface area contributed by atoms with Crippen molar-refractivity contribution in [2.75, 3.05) is 0 Å². The summed E-state index contributed by atoms with van der Waals surface area (Å²) in [6.45, 7) is 0. The molecular weight excluding hydrogens is 182 g/mol. The standard InChI is InChI=1S/C12H18F2/c13-12(14)9-3-6-11(12)8-7-10-4-1-2-5-10/h4,11H,1-3,5-9H2. The van der Waals surface area contributed by atoms with Crippen LogP contribution in [0.5, 0.6) is 0 Å². The van der Waals surface area contributed by atoms with Gasteiger partial charge in [-0.3, -0.25) is 0 Å². The van der Waals surface area contributed by atoms with Crippen LogP contribution in [0, 0.1) is 5.92 Å². The second-order valence-corrected chi connectivity index (χ2v) is 4.64. The highest BCUT2D eigenvalue weighted by Gasteiger charge is 2.42.